The molecule has 0 amide bonds. The molecule has 3 nitrogen and oxygen atoms in total. The molecule has 0 saturated carbocycles. The van der Waals surface area contributed by atoms with Crippen molar-refractivity contribution in [2.75, 3.05) is 26.7 Å². The molecule has 1 aromatic carbocycles. The average molecular weight is 276 g/mol. The summed E-state index contributed by atoms with van der Waals surface area (Å²) in [6.45, 7) is 11.8. The Kier molecular flexibility index (Phi) is 5.19. The fourth-order valence-electron chi connectivity index (χ4n) is 3.04. The number of aryl methyl sites for hydroxylation is 2. The van der Waals surface area contributed by atoms with Crippen LogP contribution in [0.4, 0.5) is 0 Å². The maximum absolute atomic E-state index is 5.81. The van der Waals surface area contributed by atoms with E-state index in [1.165, 1.54) is 16.7 Å². The van der Waals surface area contributed by atoms with E-state index in [4.69, 9.17) is 4.74 Å². The van der Waals surface area contributed by atoms with Crippen molar-refractivity contribution in [2.24, 2.45) is 0 Å². The summed E-state index contributed by atoms with van der Waals surface area (Å²) in [5.41, 5.74) is 4.10. The van der Waals surface area contributed by atoms with Gasteiger partial charge in [0.25, 0.3) is 0 Å². The Morgan fingerprint density at radius 1 is 1.20 bits per heavy atom. The molecule has 1 fully saturated rings. The molecule has 3 heteroatoms. The van der Waals surface area contributed by atoms with Gasteiger partial charge in [0.15, 0.2) is 0 Å². The van der Waals surface area contributed by atoms with Crippen LogP contribution in [0, 0.1) is 13.8 Å². The highest BCUT2D eigenvalue weighted by Crippen LogP contribution is 2.20. The Balaban J connectivity index is 2.06. The fraction of sp³-hybridized carbons (Fsp3) is 0.647. The summed E-state index contributed by atoms with van der Waals surface area (Å²) in [7, 11) is 2.05. The minimum absolute atomic E-state index is 0.330. The van der Waals surface area contributed by atoms with E-state index in [-0.39, 0.29) is 0 Å². The van der Waals surface area contributed by atoms with E-state index in [0.29, 0.717) is 18.2 Å². The van der Waals surface area contributed by atoms with Crippen LogP contribution in [-0.4, -0.2) is 43.8 Å². The van der Waals surface area contributed by atoms with Crippen molar-refractivity contribution in [2.45, 2.75) is 45.9 Å². The number of rotatable bonds is 4. The lowest BCUT2D eigenvalue weighted by molar-refractivity contribution is -0.0698. The SMILES string of the molecule is CNC(CN1C[C@@H](C)O[C@@H](C)C1)c1ccc(C)c(C)c1. The summed E-state index contributed by atoms with van der Waals surface area (Å²) in [6, 6.07) is 7.16. The predicted molar refractivity (Wildman–Crippen MR) is 84.2 cm³/mol. The normalized spacial score (nSPS) is 25.6. The summed E-state index contributed by atoms with van der Waals surface area (Å²) < 4.78 is 5.81. The first kappa shape index (κ1) is 15.5. The topological polar surface area (TPSA) is 24.5 Å². The van der Waals surface area contributed by atoms with Crippen LogP contribution >= 0.6 is 0 Å². The van der Waals surface area contributed by atoms with E-state index in [1.54, 1.807) is 0 Å². The predicted octanol–water partition coefficient (Wildman–Crippen LogP) is 2.67. The number of benzene rings is 1. The van der Waals surface area contributed by atoms with Crippen molar-refractivity contribution < 1.29 is 4.74 Å². The number of likely N-dealkylation sites (N-methyl/N-ethyl adjacent to an activating group) is 1. The number of nitrogens with one attached hydrogen (secondary N) is 1. The Bertz CT molecular complexity index is 437. The second kappa shape index (κ2) is 6.70. The van der Waals surface area contributed by atoms with Crippen LogP contribution in [0.15, 0.2) is 18.2 Å². The molecular formula is C17H28N2O. The molecule has 2 rings (SSSR count). The van der Waals surface area contributed by atoms with Gasteiger partial charge in [-0.1, -0.05) is 18.2 Å². The molecule has 1 saturated heterocycles. The third-order valence-electron chi connectivity index (χ3n) is 4.22. The molecule has 1 unspecified atom stereocenters. The molecule has 1 aromatic rings. The minimum Gasteiger partial charge on any atom is -0.373 e. The first-order chi connectivity index (χ1) is 9.49. The standard InChI is InChI=1S/C17H28N2O/c1-12-6-7-16(8-13(12)2)17(18-5)11-19-9-14(3)20-15(4)10-19/h6-8,14-15,17-18H,9-11H2,1-5H3/t14-,15+,17?. The number of ether oxygens (including phenoxy) is 1. The van der Waals surface area contributed by atoms with Crippen LogP contribution in [0.2, 0.25) is 0 Å². The lowest BCUT2D eigenvalue weighted by atomic mass is 10.0. The quantitative estimate of drug-likeness (QED) is 0.915. The third kappa shape index (κ3) is 3.81. The Labute approximate surface area is 123 Å². The minimum atomic E-state index is 0.330. The van der Waals surface area contributed by atoms with Gasteiger partial charge in [0, 0.05) is 25.7 Å². The van der Waals surface area contributed by atoms with E-state index in [2.05, 4.69) is 56.1 Å². The van der Waals surface area contributed by atoms with Crippen molar-refractivity contribution in [3.8, 4) is 0 Å². The summed E-state index contributed by atoms with van der Waals surface area (Å²) in [5, 5.41) is 3.46. The molecule has 0 radical (unpaired) electrons. The van der Waals surface area contributed by atoms with Gasteiger partial charge >= 0.3 is 0 Å². The molecule has 3 atom stereocenters. The van der Waals surface area contributed by atoms with E-state index in [1.807, 2.05) is 7.05 Å². The van der Waals surface area contributed by atoms with Crippen LogP contribution in [0.3, 0.4) is 0 Å². The third-order valence-corrected chi connectivity index (χ3v) is 4.22. The monoisotopic (exact) mass is 276 g/mol. The van der Waals surface area contributed by atoms with Crippen molar-refractivity contribution in [3.05, 3.63) is 34.9 Å². The summed E-state index contributed by atoms with van der Waals surface area (Å²) in [4.78, 5) is 2.51. The van der Waals surface area contributed by atoms with Crippen LogP contribution in [-0.2, 0) is 4.74 Å². The highest BCUT2D eigenvalue weighted by atomic mass is 16.5. The van der Waals surface area contributed by atoms with Crippen LogP contribution in [0.25, 0.3) is 0 Å². The highest BCUT2D eigenvalue weighted by Gasteiger charge is 2.24. The number of hydrogen-bond donors (Lipinski definition) is 1. The van der Waals surface area contributed by atoms with Crippen molar-refractivity contribution in [3.63, 3.8) is 0 Å². The van der Waals surface area contributed by atoms with Gasteiger partial charge in [0.2, 0.25) is 0 Å². The van der Waals surface area contributed by atoms with Gasteiger partial charge in [-0.05, 0) is 51.4 Å². The van der Waals surface area contributed by atoms with Crippen LogP contribution < -0.4 is 5.32 Å². The van der Waals surface area contributed by atoms with Gasteiger partial charge in [-0.2, -0.15) is 0 Å². The Hall–Kier alpha value is -0.900. The fourth-order valence-corrected chi connectivity index (χ4v) is 3.04. The second-order valence-corrected chi connectivity index (χ2v) is 6.16. The van der Waals surface area contributed by atoms with Crippen molar-refractivity contribution in [1.82, 2.24) is 10.2 Å². The maximum Gasteiger partial charge on any atom is 0.0678 e. The van der Waals surface area contributed by atoms with E-state index in [9.17, 15) is 0 Å². The largest absolute Gasteiger partial charge is 0.373 e. The smallest absolute Gasteiger partial charge is 0.0678 e. The van der Waals surface area contributed by atoms with Crippen LogP contribution in [0.5, 0.6) is 0 Å². The summed E-state index contributed by atoms with van der Waals surface area (Å²) in [6.07, 6.45) is 0.659. The Morgan fingerprint density at radius 2 is 1.85 bits per heavy atom. The van der Waals surface area contributed by atoms with E-state index in [0.717, 1.165) is 19.6 Å². The highest BCUT2D eigenvalue weighted by molar-refractivity contribution is 5.31. The molecule has 1 N–H and O–H groups in total. The zero-order valence-corrected chi connectivity index (χ0v) is 13.4. The Morgan fingerprint density at radius 3 is 2.40 bits per heavy atom. The van der Waals surface area contributed by atoms with Gasteiger partial charge < -0.3 is 10.1 Å². The van der Waals surface area contributed by atoms with Crippen molar-refractivity contribution in [1.29, 1.82) is 0 Å². The maximum atomic E-state index is 5.81. The van der Waals surface area contributed by atoms with Crippen molar-refractivity contribution >= 4 is 0 Å². The number of morpholine rings is 1. The number of hydrogen-bond acceptors (Lipinski definition) is 3. The molecule has 1 aliphatic heterocycles. The van der Waals surface area contributed by atoms with E-state index >= 15 is 0 Å². The molecule has 1 heterocycles. The van der Waals surface area contributed by atoms with Gasteiger partial charge in [-0.3, -0.25) is 4.90 Å². The lowest BCUT2D eigenvalue weighted by Crippen LogP contribution is -2.48. The number of nitrogens with zero attached hydrogens (tertiary/aromatic N) is 1. The van der Waals surface area contributed by atoms with Gasteiger partial charge in [-0.25, -0.2) is 0 Å². The first-order valence-electron chi connectivity index (χ1n) is 7.61. The average Bonchev–Trinajstić information content (AvgIpc) is 2.38. The zero-order chi connectivity index (χ0) is 14.7. The van der Waals surface area contributed by atoms with Gasteiger partial charge in [0.05, 0.1) is 12.2 Å². The lowest BCUT2D eigenvalue weighted by Gasteiger charge is -2.37. The summed E-state index contributed by atoms with van der Waals surface area (Å²) >= 11 is 0. The molecule has 1 aliphatic rings. The van der Waals surface area contributed by atoms with E-state index < -0.39 is 0 Å². The van der Waals surface area contributed by atoms with Gasteiger partial charge in [0.1, 0.15) is 0 Å². The molecule has 0 spiro atoms. The van der Waals surface area contributed by atoms with Gasteiger partial charge in [-0.15, -0.1) is 0 Å². The molecule has 0 aromatic heterocycles. The summed E-state index contributed by atoms with van der Waals surface area (Å²) in [5.74, 6) is 0. The first-order valence-corrected chi connectivity index (χ1v) is 7.61. The molecule has 112 valence electrons. The molecule has 0 bridgehead atoms. The molecule has 0 aliphatic carbocycles. The second-order valence-electron chi connectivity index (χ2n) is 6.16. The van der Waals surface area contributed by atoms with Crippen LogP contribution in [0.1, 0.15) is 36.6 Å². The molecule has 20 heavy (non-hydrogen) atoms. The molecular weight excluding hydrogens is 248 g/mol. The zero-order valence-electron chi connectivity index (χ0n) is 13.4.